The summed E-state index contributed by atoms with van der Waals surface area (Å²) < 4.78 is 10.6. The molecule has 0 atom stereocenters. The number of methoxy groups -OCH3 is 1. The van der Waals surface area contributed by atoms with Crippen molar-refractivity contribution in [3.63, 3.8) is 0 Å². The number of aliphatic hydroxyl groups is 1. The lowest BCUT2D eigenvalue weighted by molar-refractivity contribution is 0.281. The first kappa shape index (κ1) is 11.4. The van der Waals surface area contributed by atoms with Crippen molar-refractivity contribution in [2.75, 3.05) is 7.11 Å². The zero-order valence-corrected chi connectivity index (χ0v) is 9.46. The van der Waals surface area contributed by atoms with Crippen LogP contribution in [0.1, 0.15) is 5.56 Å². The fourth-order valence-electron chi connectivity index (χ4n) is 1.37. The zero-order valence-electron chi connectivity index (χ0n) is 9.46. The van der Waals surface area contributed by atoms with Crippen LogP contribution >= 0.6 is 0 Å². The summed E-state index contributed by atoms with van der Waals surface area (Å²) in [5.74, 6) is 1.87. The van der Waals surface area contributed by atoms with Gasteiger partial charge in [-0.05, 0) is 23.8 Å². The second-order valence-electron chi connectivity index (χ2n) is 3.44. The van der Waals surface area contributed by atoms with E-state index >= 15 is 0 Å². The van der Waals surface area contributed by atoms with E-state index in [-0.39, 0.29) is 6.61 Å². The van der Waals surface area contributed by atoms with Crippen LogP contribution in [-0.2, 0) is 6.61 Å². The van der Waals surface area contributed by atoms with Gasteiger partial charge in [-0.2, -0.15) is 0 Å². The van der Waals surface area contributed by atoms with Crippen LogP contribution in [0, 0.1) is 0 Å². The summed E-state index contributed by atoms with van der Waals surface area (Å²) in [6, 6.07) is 10.7. The van der Waals surface area contributed by atoms with Crippen molar-refractivity contribution in [1.82, 2.24) is 4.98 Å². The van der Waals surface area contributed by atoms with E-state index in [2.05, 4.69) is 4.98 Å². The molecule has 0 aliphatic rings. The third-order valence-corrected chi connectivity index (χ3v) is 2.26. The van der Waals surface area contributed by atoms with Crippen LogP contribution in [0.3, 0.4) is 0 Å². The van der Waals surface area contributed by atoms with Crippen LogP contribution in [0.25, 0.3) is 0 Å². The molecule has 0 saturated heterocycles. The van der Waals surface area contributed by atoms with Crippen LogP contribution in [-0.4, -0.2) is 17.2 Å². The Kier molecular flexibility index (Phi) is 3.57. The maximum absolute atomic E-state index is 8.92. The first-order valence-corrected chi connectivity index (χ1v) is 5.19. The van der Waals surface area contributed by atoms with Crippen molar-refractivity contribution < 1.29 is 14.6 Å². The van der Waals surface area contributed by atoms with Gasteiger partial charge in [0.2, 0.25) is 5.88 Å². The van der Waals surface area contributed by atoms with E-state index in [1.54, 1.807) is 37.6 Å². The lowest BCUT2D eigenvalue weighted by Crippen LogP contribution is -1.89. The number of aromatic nitrogens is 1. The Labute approximate surface area is 99.5 Å². The number of ether oxygens (including phenoxy) is 2. The molecule has 17 heavy (non-hydrogen) atoms. The van der Waals surface area contributed by atoms with Crippen LogP contribution in [0.5, 0.6) is 17.4 Å². The van der Waals surface area contributed by atoms with E-state index in [0.29, 0.717) is 17.4 Å². The minimum Gasteiger partial charge on any atom is -0.481 e. The summed E-state index contributed by atoms with van der Waals surface area (Å²) in [6.07, 6.45) is 1.62. The van der Waals surface area contributed by atoms with Gasteiger partial charge in [0, 0.05) is 12.3 Å². The second-order valence-corrected chi connectivity index (χ2v) is 3.44. The van der Waals surface area contributed by atoms with E-state index in [1.165, 1.54) is 0 Å². The van der Waals surface area contributed by atoms with E-state index < -0.39 is 0 Å². The van der Waals surface area contributed by atoms with Crippen LogP contribution in [0.15, 0.2) is 42.6 Å². The lowest BCUT2D eigenvalue weighted by Gasteiger charge is -2.07. The van der Waals surface area contributed by atoms with Crippen molar-refractivity contribution >= 4 is 0 Å². The molecule has 2 aromatic rings. The fourth-order valence-corrected chi connectivity index (χ4v) is 1.37. The van der Waals surface area contributed by atoms with Crippen molar-refractivity contribution in [3.8, 4) is 17.4 Å². The molecule has 1 heterocycles. The van der Waals surface area contributed by atoms with Gasteiger partial charge >= 0.3 is 0 Å². The average Bonchev–Trinajstić information content (AvgIpc) is 2.40. The molecule has 0 saturated carbocycles. The molecule has 0 unspecified atom stereocenters. The van der Waals surface area contributed by atoms with Crippen LogP contribution < -0.4 is 9.47 Å². The molecule has 0 bridgehead atoms. The van der Waals surface area contributed by atoms with Gasteiger partial charge in [0.05, 0.1) is 13.7 Å². The SMILES string of the molecule is COc1cc(Oc2ccc(CO)cc2)ccn1. The molecule has 2 rings (SSSR count). The minimum absolute atomic E-state index is 0.0311. The number of nitrogens with zero attached hydrogens (tertiary/aromatic N) is 1. The molecule has 0 aliphatic heterocycles. The van der Waals surface area contributed by atoms with Gasteiger partial charge in [-0.3, -0.25) is 0 Å². The maximum atomic E-state index is 8.92. The van der Waals surface area contributed by atoms with E-state index in [4.69, 9.17) is 14.6 Å². The summed E-state index contributed by atoms with van der Waals surface area (Å²) in [4.78, 5) is 3.99. The Bertz CT molecular complexity index is 482. The molecule has 0 amide bonds. The third kappa shape index (κ3) is 2.95. The molecule has 4 nitrogen and oxygen atoms in total. The van der Waals surface area contributed by atoms with Crippen molar-refractivity contribution in [1.29, 1.82) is 0 Å². The molecule has 1 aromatic carbocycles. The molecule has 1 aromatic heterocycles. The molecule has 1 N–H and O–H groups in total. The van der Waals surface area contributed by atoms with E-state index in [9.17, 15) is 0 Å². The predicted molar refractivity (Wildman–Crippen MR) is 63.2 cm³/mol. The highest BCUT2D eigenvalue weighted by molar-refractivity contribution is 5.34. The quantitative estimate of drug-likeness (QED) is 0.877. The van der Waals surface area contributed by atoms with Crippen LogP contribution in [0.2, 0.25) is 0 Å². The number of pyridine rings is 1. The van der Waals surface area contributed by atoms with Gasteiger partial charge in [-0.25, -0.2) is 4.98 Å². The van der Waals surface area contributed by atoms with Gasteiger partial charge in [-0.15, -0.1) is 0 Å². The highest BCUT2D eigenvalue weighted by Crippen LogP contribution is 2.23. The Morgan fingerprint density at radius 2 is 1.88 bits per heavy atom. The molecule has 88 valence electrons. The number of rotatable bonds is 4. The molecule has 0 aliphatic carbocycles. The summed E-state index contributed by atoms with van der Waals surface area (Å²) in [5, 5.41) is 8.92. The topological polar surface area (TPSA) is 51.6 Å². The van der Waals surface area contributed by atoms with Crippen molar-refractivity contribution in [2.45, 2.75) is 6.61 Å². The van der Waals surface area contributed by atoms with Crippen molar-refractivity contribution in [2.24, 2.45) is 0 Å². The normalized spacial score (nSPS) is 10.0. The van der Waals surface area contributed by atoms with E-state index in [0.717, 1.165) is 5.56 Å². The maximum Gasteiger partial charge on any atom is 0.216 e. The van der Waals surface area contributed by atoms with Gasteiger partial charge < -0.3 is 14.6 Å². The molecule has 0 fully saturated rings. The lowest BCUT2D eigenvalue weighted by atomic mass is 10.2. The first-order valence-electron chi connectivity index (χ1n) is 5.19. The smallest absolute Gasteiger partial charge is 0.216 e. The van der Waals surface area contributed by atoms with E-state index in [1.807, 2.05) is 12.1 Å². The zero-order chi connectivity index (χ0) is 12.1. The molecule has 4 heteroatoms. The van der Waals surface area contributed by atoms with Crippen LogP contribution in [0.4, 0.5) is 0 Å². The monoisotopic (exact) mass is 231 g/mol. The first-order chi connectivity index (χ1) is 8.31. The Balaban J connectivity index is 2.13. The Morgan fingerprint density at radius 3 is 2.53 bits per heavy atom. The second kappa shape index (κ2) is 5.32. The molecule has 0 spiro atoms. The van der Waals surface area contributed by atoms with Crippen molar-refractivity contribution in [3.05, 3.63) is 48.2 Å². The number of hydrogen-bond acceptors (Lipinski definition) is 4. The highest BCUT2D eigenvalue weighted by atomic mass is 16.5. The molecular formula is C13H13NO3. The van der Waals surface area contributed by atoms with Gasteiger partial charge in [0.1, 0.15) is 11.5 Å². The Morgan fingerprint density at radius 1 is 1.12 bits per heavy atom. The molecule has 0 radical (unpaired) electrons. The highest BCUT2D eigenvalue weighted by Gasteiger charge is 2.00. The largest absolute Gasteiger partial charge is 0.481 e. The van der Waals surface area contributed by atoms with Gasteiger partial charge in [-0.1, -0.05) is 12.1 Å². The summed E-state index contributed by atoms with van der Waals surface area (Å²) >= 11 is 0. The molecular weight excluding hydrogens is 218 g/mol. The van der Waals surface area contributed by atoms with Gasteiger partial charge in [0.15, 0.2) is 0 Å². The fraction of sp³-hybridized carbons (Fsp3) is 0.154. The average molecular weight is 231 g/mol. The predicted octanol–water partition coefficient (Wildman–Crippen LogP) is 2.37. The summed E-state index contributed by atoms with van der Waals surface area (Å²) in [6.45, 7) is 0.0311. The summed E-state index contributed by atoms with van der Waals surface area (Å²) in [5.41, 5.74) is 0.852. The number of benzene rings is 1. The third-order valence-electron chi connectivity index (χ3n) is 2.26. The number of hydrogen-bond donors (Lipinski definition) is 1. The standard InChI is InChI=1S/C13H13NO3/c1-16-13-8-12(6-7-14-13)17-11-4-2-10(9-15)3-5-11/h2-8,15H,9H2,1H3. The van der Waals surface area contributed by atoms with Gasteiger partial charge in [0.25, 0.3) is 0 Å². The Hall–Kier alpha value is -2.07. The minimum atomic E-state index is 0.0311. The number of aliphatic hydroxyl groups excluding tert-OH is 1. The summed E-state index contributed by atoms with van der Waals surface area (Å²) in [7, 11) is 1.56.